The maximum absolute atomic E-state index is 11.5. The molecule has 4 nitrogen and oxygen atoms in total. The van der Waals surface area contributed by atoms with Crippen LogP contribution in [0.25, 0.3) is 0 Å². The van der Waals surface area contributed by atoms with Gasteiger partial charge in [0.05, 0.1) is 16.7 Å². The van der Waals surface area contributed by atoms with Gasteiger partial charge in [0, 0.05) is 16.8 Å². The van der Waals surface area contributed by atoms with Crippen molar-refractivity contribution in [3.8, 4) is 0 Å². The third-order valence-corrected chi connectivity index (χ3v) is 4.57. The Morgan fingerprint density at radius 1 is 1.20 bits per heavy atom. The molecule has 5 heteroatoms. The SMILES string of the molecule is CC(C)(C)OCCC([SiH3])c1ccc2c(c1)C(=O)OC2=O. The number of carbonyl (C=O) groups is 2. The van der Waals surface area contributed by atoms with Gasteiger partial charge in [-0.25, -0.2) is 9.59 Å². The summed E-state index contributed by atoms with van der Waals surface area (Å²) in [5, 5.41) is 0. The zero-order valence-corrected chi connectivity index (χ0v) is 14.4. The van der Waals surface area contributed by atoms with E-state index in [0.29, 0.717) is 23.3 Å². The van der Waals surface area contributed by atoms with Gasteiger partial charge in [0.15, 0.2) is 0 Å². The molecule has 1 aliphatic heterocycles. The Morgan fingerprint density at radius 2 is 1.85 bits per heavy atom. The lowest BCUT2D eigenvalue weighted by atomic mass is 10.0. The fourth-order valence-electron chi connectivity index (χ4n) is 2.12. The van der Waals surface area contributed by atoms with Crippen molar-refractivity contribution in [1.29, 1.82) is 0 Å². The zero-order valence-electron chi connectivity index (χ0n) is 12.4. The molecule has 20 heavy (non-hydrogen) atoms. The van der Waals surface area contributed by atoms with Crippen molar-refractivity contribution >= 4 is 22.2 Å². The maximum Gasteiger partial charge on any atom is 0.346 e. The summed E-state index contributed by atoms with van der Waals surface area (Å²) in [6, 6.07) is 5.39. The molecule has 0 aliphatic carbocycles. The number of esters is 2. The first-order valence-electron chi connectivity index (χ1n) is 6.82. The zero-order chi connectivity index (χ0) is 14.9. The number of hydrogen-bond donors (Lipinski definition) is 0. The van der Waals surface area contributed by atoms with Gasteiger partial charge in [-0.1, -0.05) is 6.07 Å². The fourth-order valence-corrected chi connectivity index (χ4v) is 2.71. The summed E-state index contributed by atoms with van der Waals surface area (Å²) in [7, 11) is 0.967. The molecule has 0 bridgehead atoms. The van der Waals surface area contributed by atoms with Crippen molar-refractivity contribution in [3.63, 3.8) is 0 Å². The number of rotatable bonds is 4. The van der Waals surface area contributed by atoms with E-state index in [1.807, 2.05) is 26.8 Å². The van der Waals surface area contributed by atoms with Crippen LogP contribution in [0.2, 0.25) is 0 Å². The van der Waals surface area contributed by atoms with Crippen LogP contribution >= 0.6 is 0 Å². The summed E-state index contributed by atoms with van der Waals surface area (Å²) in [6.45, 7) is 6.79. The highest BCUT2D eigenvalue weighted by Gasteiger charge is 2.30. The molecule has 1 aliphatic rings. The van der Waals surface area contributed by atoms with Crippen LogP contribution < -0.4 is 0 Å². The molecular formula is C15H20O4Si. The van der Waals surface area contributed by atoms with E-state index >= 15 is 0 Å². The van der Waals surface area contributed by atoms with E-state index in [1.165, 1.54) is 0 Å². The van der Waals surface area contributed by atoms with E-state index in [1.54, 1.807) is 12.1 Å². The Bertz CT molecular complexity index is 545. The number of cyclic esters (lactones) is 2. The Morgan fingerprint density at radius 3 is 2.50 bits per heavy atom. The quantitative estimate of drug-likeness (QED) is 0.480. The second kappa shape index (κ2) is 5.50. The average molecular weight is 292 g/mol. The predicted molar refractivity (Wildman–Crippen MR) is 79.2 cm³/mol. The van der Waals surface area contributed by atoms with Gasteiger partial charge in [0.1, 0.15) is 0 Å². The molecule has 0 spiro atoms. The fraction of sp³-hybridized carbons (Fsp3) is 0.467. The van der Waals surface area contributed by atoms with E-state index in [9.17, 15) is 9.59 Å². The number of benzene rings is 1. The summed E-state index contributed by atoms with van der Waals surface area (Å²) >= 11 is 0. The molecule has 0 fully saturated rings. The Hall–Kier alpha value is -1.46. The molecule has 0 saturated carbocycles. The molecule has 1 heterocycles. The first-order valence-corrected chi connectivity index (χ1v) is 7.98. The molecule has 1 aromatic carbocycles. The van der Waals surface area contributed by atoms with Crippen LogP contribution in [0, 0.1) is 0 Å². The largest absolute Gasteiger partial charge is 0.386 e. The molecule has 0 saturated heterocycles. The Balaban J connectivity index is 2.05. The van der Waals surface area contributed by atoms with Crippen LogP contribution in [0.1, 0.15) is 59.0 Å². The van der Waals surface area contributed by atoms with Crippen molar-refractivity contribution < 1.29 is 19.1 Å². The van der Waals surface area contributed by atoms with Crippen LogP contribution in [-0.2, 0) is 9.47 Å². The minimum Gasteiger partial charge on any atom is -0.386 e. The third-order valence-electron chi connectivity index (χ3n) is 3.32. The molecule has 0 N–H and O–H groups in total. The summed E-state index contributed by atoms with van der Waals surface area (Å²) in [5.41, 5.74) is 2.12. The van der Waals surface area contributed by atoms with E-state index < -0.39 is 11.9 Å². The van der Waals surface area contributed by atoms with Gasteiger partial charge in [-0.3, -0.25) is 0 Å². The lowest BCUT2D eigenvalue weighted by Gasteiger charge is -2.21. The van der Waals surface area contributed by atoms with Crippen molar-refractivity contribution in [2.45, 2.75) is 38.3 Å². The molecule has 0 amide bonds. The van der Waals surface area contributed by atoms with Crippen LogP contribution in [0.15, 0.2) is 18.2 Å². The third kappa shape index (κ3) is 3.35. The van der Waals surface area contributed by atoms with Crippen molar-refractivity contribution in [2.24, 2.45) is 0 Å². The molecule has 0 radical (unpaired) electrons. The first kappa shape index (κ1) is 14.9. The van der Waals surface area contributed by atoms with Crippen molar-refractivity contribution in [1.82, 2.24) is 0 Å². The number of carbonyl (C=O) groups excluding carboxylic acids is 2. The lowest BCUT2D eigenvalue weighted by molar-refractivity contribution is -0.00427. The maximum atomic E-state index is 11.5. The normalized spacial score (nSPS) is 16.1. The van der Waals surface area contributed by atoms with Gasteiger partial charge in [-0.2, -0.15) is 0 Å². The van der Waals surface area contributed by atoms with Gasteiger partial charge in [0.25, 0.3) is 0 Å². The van der Waals surface area contributed by atoms with Gasteiger partial charge < -0.3 is 9.47 Å². The molecule has 1 aromatic rings. The molecular weight excluding hydrogens is 272 g/mol. The smallest absolute Gasteiger partial charge is 0.346 e. The second-order valence-electron chi connectivity index (χ2n) is 6.13. The minimum absolute atomic E-state index is 0.130. The second-order valence-corrected chi connectivity index (χ2v) is 7.53. The molecule has 108 valence electrons. The van der Waals surface area contributed by atoms with Crippen molar-refractivity contribution in [3.05, 3.63) is 34.9 Å². The first-order chi connectivity index (χ1) is 9.28. The topological polar surface area (TPSA) is 52.6 Å². The summed E-state index contributed by atoms with van der Waals surface area (Å²) in [5.74, 6) is -1.08. The van der Waals surface area contributed by atoms with Crippen LogP contribution in [0.4, 0.5) is 0 Å². The summed E-state index contributed by atoms with van der Waals surface area (Å²) in [4.78, 5) is 22.9. The lowest BCUT2D eigenvalue weighted by Crippen LogP contribution is -2.20. The van der Waals surface area contributed by atoms with Crippen LogP contribution in [-0.4, -0.2) is 34.4 Å². The number of ether oxygens (including phenoxy) is 2. The van der Waals surface area contributed by atoms with E-state index in [2.05, 4.69) is 4.74 Å². The van der Waals surface area contributed by atoms with Crippen LogP contribution in [0.3, 0.4) is 0 Å². The highest BCUT2D eigenvalue weighted by atomic mass is 28.1. The van der Waals surface area contributed by atoms with Crippen molar-refractivity contribution in [2.75, 3.05) is 6.61 Å². The van der Waals surface area contributed by atoms with Gasteiger partial charge in [0.2, 0.25) is 0 Å². The van der Waals surface area contributed by atoms with E-state index in [0.717, 1.165) is 22.2 Å². The van der Waals surface area contributed by atoms with Crippen LogP contribution in [0.5, 0.6) is 0 Å². The summed E-state index contributed by atoms with van der Waals surface area (Å²) in [6.07, 6.45) is 0.922. The highest BCUT2D eigenvalue weighted by molar-refractivity contribution is 6.16. The minimum atomic E-state index is -0.544. The van der Waals surface area contributed by atoms with Gasteiger partial charge >= 0.3 is 11.9 Å². The molecule has 2 rings (SSSR count). The van der Waals surface area contributed by atoms with Gasteiger partial charge in [-0.05, 0) is 50.4 Å². The monoisotopic (exact) mass is 292 g/mol. The molecule has 1 unspecified atom stereocenters. The summed E-state index contributed by atoms with van der Waals surface area (Å²) < 4.78 is 10.3. The molecule has 1 atom stereocenters. The standard InChI is InChI=1S/C15H20O4Si/c1-15(2,3)18-7-6-12(20)9-4-5-10-11(8-9)14(17)19-13(10)16/h4-5,8,12H,6-7H2,1-3,20H3. The number of fused-ring (bicyclic) bond motifs is 1. The van der Waals surface area contributed by atoms with E-state index in [-0.39, 0.29) is 5.60 Å². The Labute approximate surface area is 121 Å². The van der Waals surface area contributed by atoms with Gasteiger partial charge in [-0.15, -0.1) is 0 Å². The number of hydrogen-bond acceptors (Lipinski definition) is 4. The average Bonchev–Trinajstić information content (AvgIpc) is 2.63. The highest BCUT2D eigenvalue weighted by Crippen LogP contribution is 2.25. The predicted octanol–water partition coefficient (Wildman–Crippen LogP) is 1.61. The Kier molecular flexibility index (Phi) is 4.11. The van der Waals surface area contributed by atoms with E-state index in [4.69, 9.17) is 4.74 Å². The molecule has 0 aromatic heterocycles.